The Hall–Kier alpha value is -3.06. The maximum absolute atomic E-state index is 6.03. The van der Waals surface area contributed by atoms with E-state index in [0.29, 0.717) is 12.0 Å². The molecular formula is C24H29N7. The quantitative estimate of drug-likeness (QED) is 0.639. The third-order valence-electron chi connectivity index (χ3n) is 6.24. The molecule has 0 unspecified atom stereocenters. The van der Waals surface area contributed by atoms with E-state index >= 15 is 0 Å². The number of pyridine rings is 1. The molecule has 0 bridgehead atoms. The summed E-state index contributed by atoms with van der Waals surface area (Å²) in [5.74, 6) is 0.338. The number of rotatable bonds is 6. The Kier molecular flexibility index (Phi) is 5.51. The largest absolute Gasteiger partial charge is 0.368 e. The molecule has 1 aliphatic carbocycles. The molecular weight excluding hydrogens is 386 g/mol. The average molecular weight is 416 g/mol. The van der Waals surface area contributed by atoms with Gasteiger partial charge in [0, 0.05) is 46.8 Å². The van der Waals surface area contributed by atoms with Crippen molar-refractivity contribution in [3.63, 3.8) is 0 Å². The Labute approximate surface area is 182 Å². The van der Waals surface area contributed by atoms with E-state index in [1.54, 1.807) is 0 Å². The number of hydrogen-bond acceptors (Lipinski definition) is 6. The number of unbranched alkanes of at least 4 members (excludes halogenated alkanes) is 1. The van der Waals surface area contributed by atoms with E-state index in [1.807, 2.05) is 12.4 Å². The first-order valence-corrected chi connectivity index (χ1v) is 11.3. The van der Waals surface area contributed by atoms with Crippen molar-refractivity contribution in [2.24, 2.45) is 0 Å². The molecule has 2 aliphatic rings. The molecule has 3 aromatic rings. The fourth-order valence-corrected chi connectivity index (χ4v) is 4.50. The van der Waals surface area contributed by atoms with Gasteiger partial charge in [-0.3, -0.25) is 9.67 Å². The Morgan fingerprint density at radius 2 is 2.00 bits per heavy atom. The van der Waals surface area contributed by atoms with Gasteiger partial charge in [0.2, 0.25) is 5.95 Å². The highest BCUT2D eigenvalue weighted by Gasteiger charge is 2.21. The fraction of sp³-hybridized carbons (Fsp3) is 0.417. The van der Waals surface area contributed by atoms with Gasteiger partial charge < -0.3 is 11.1 Å². The van der Waals surface area contributed by atoms with Gasteiger partial charge in [0.15, 0.2) is 0 Å². The van der Waals surface area contributed by atoms with Crippen LogP contribution in [-0.2, 0) is 12.8 Å². The number of nitrogens with two attached hydrogens (primary N) is 1. The number of allylic oxidation sites excluding steroid dienone is 1. The molecule has 0 spiro atoms. The molecule has 1 aliphatic heterocycles. The number of aryl methyl sites for hydroxylation is 1. The zero-order valence-electron chi connectivity index (χ0n) is 18.0. The molecule has 31 heavy (non-hydrogen) atoms. The van der Waals surface area contributed by atoms with Crippen molar-refractivity contribution < 1.29 is 0 Å². The summed E-state index contributed by atoms with van der Waals surface area (Å²) < 4.78 is 2.12. The van der Waals surface area contributed by atoms with Crippen LogP contribution in [0.15, 0.2) is 36.8 Å². The van der Waals surface area contributed by atoms with E-state index < -0.39 is 0 Å². The van der Waals surface area contributed by atoms with Crippen molar-refractivity contribution in [2.75, 3.05) is 18.8 Å². The van der Waals surface area contributed by atoms with Crippen molar-refractivity contribution in [1.29, 1.82) is 0 Å². The Bertz CT molecular complexity index is 1110. The molecule has 3 N–H and O–H groups in total. The van der Waals surface area contributed by atoms with E-state index in [9.17, 15) is 0 Å². The van der Waals surface area contributed by atoms with Gasteiger partial charge in [0.25, 0.3) is 0 Å². The molecule has 0 aromatic carbocycles. The molecule has 0 radical (unpaired) electrons. The van der Waals surface area contributed by atoms with Crippen LogP contribution in [0.1, 0.15) is 61.3 Å². The number of nitrogens with zero attached hydrogens (tertiary/aromatic N) is 5. The zero-order chi connectivity index (χ0) is 21.2. The summed E-state index contributed by atoms with van der Waals surface area (Å²) in [4.78, 5) is 13.7. The fourth-order valence-electron chi connectivity index (χ4n) is 4.50. The highest BCUT2D eigenvalue weighted by atomic mass is 15.3. The third kappa shape index (κ3) is 4.10. The standard InChI is InChI=1S/C24H29N7/c1-2-3-4-18-12-23(30-24(25)29-18)20-5-6-22-21(20)11-16(13-27-22)17-14-28-31(15-17)19-7-9-26-10-8-19/h5,11-15,19,26H,2-4,6-10H2,1H3,(H2,25,29,30). The summed E-state index contributed by atoms with van der Waals surface area (Å²) in [6.07, 6.45) is 14.5. The first kappa shape index (κ1) is 19.9. The van der Waals surface area contributed by atoms with E-state index in [1.165, 1.54) is 0 Å². The van der Waals surface area contributed by atoms with E-state index in [2.05, 4.69) is 56.4 Å². The third-order valence-corrected chi connectivity index (χ3v) is 6.24. The number of anilines is 1. The lowest BCUT2D eigenvalue weighted by molar-refractivity contribution is 0.343. The lowest BCUT2D eigenvalue weighted by Gasteiger charge is -2.22. The molecule has 3 aromatic heterocycles. The monoisotopic (exact) mass is 415 g/mol. The highest BCUT2D eigenvalue weighted by Crippen LogP contribution is 2.34. The van der Waals surface area contributed by atoms with Crippen LogP contribution in [0, 0.1) is 0 Å². The Balaban J connectivity index is 1.44. The van der Waals surface area contributed by atoms with Gasteiger partial charge in [-0.15, -0.1) is 0 Å². The summed E-state index contributed by atoms with van der Waals surface area (Å²) in [6, 6.07) is 4.77. The van der Waals surface area contributed by atoms with Gasteiger partial charge in [0.05, 0.1) is 23.6 Å². The Morgan fingerprint density at radius 3 is 2.84 bits per heavy atom. The van der Waals surface area contributed by atoms with Crippen LogP contribution in [0.3, 0.4) is 0 Å². The van der Waals surface area contributed by atoms with E-state index in [4.69, 9.17) is 10.7 Å². The summed E-state index contributed by atoms with van der Waals surface area (Å²) in [5.41, 5.74) is 13.4. The highest BCUT2D eigenvalue weighted by molar-refractivity contribution is 5.84. The number of hydrogen-bond donors (Lipinski definition) is 2. The number of nitrogens with one attached hydrogen (secondary N) is 1. The second-order valence-corrected chi connectivity index (χ2v) is 8.44. The van der Waals surface area contributed by atoms with Gasteiger partial charge in [-0.25, -0.2) is 9.97 Å². The summed E-state index contributed by atoms with van der Waals surface area (Å²) >= 11 is 0. The molecule has 7 nitrogen and oxygen atoms in total. The molecule has 5 rings (SSSR count). The van der Waals surface area contributed by atoms with Gasteiger partial charge in [-0.1, -0.05) is 19.4 Å². The molecule has 7 heteroatoms. The minimum atomic E-state index is 0.338. The number of piperidine rings is 1. The van der Waals surface area contributed by atoms with Crippen LogP contribution >= 0.6 is 0 Å². The predicted molar refractivity (Wildman–Crippen MR) is 122 cm³/mol. The molecule has 0 amide bonds. The molecule has 1 saturated heterocycles. The first-order chi connectivity index (χ1) is 15.2. The SMILES string of the molecule is CCCCc1cc(C2=CCc3ncc(-c4cnn(C5CCNCC5)c4)cc32)nc(N)n1. The van der Waals surface area contributed by atoms with E-state index in [0.717, 1.165) is 91.0 Å². The van der Waals surface area contributed by atoms with Crippen LogP contribution in [0.25, 0.3) is 16.7 Å². The van der Waals surface area contributed by atoms with Gasteiger partial charge in [-0.05, 0) is 50.9 Å². The van der Waals surface area contributed by atoms with Crippen molar-refractivity contribution >= 4 is 11.5 Å². The second-order valence-electron chi connectivity index (χ2n) is 8.44. The average Bonchev–Trinajstić information content (AvgIpc) is 3.45. The lowest BCUT2D eigenvalue weighted by Crippen LogP contribution is -2.29. The van der Waals surface area contributed by atoms with Crippen molar-refractivity contribution in [3.8, 4) is 11.1 Å². The van der Waals surface area contributed by atoms with Crippen molar-refractivity contribution in [3.05, 3.63) is 59.4 Å². The van der Waals surface area contributed by atoms with Crippen LogP contribution in [0.2, 0.25) is 0 Å². The summed E-state index contributed by atoms with van der Waals surface area (Å²) in [6.45, 7) is 4.29. The second kappa shape index (κ2) is 8.59. The first-order valence-electron chi connectivity index (χ1n) is 11.3. The minimum absolute atomic E-state index is 0.338. The summed E-state index contributed by atoms with van der Waals surface area (Å²) in [7, 11) is 0. The maximum Gasteiger partial charge on any atom is 0.220 e. The van der Waals surface area contributed by atoms with Crippen LogP contribution < -0.4 is 11.1 Å². The van der Waals surface area contributed by atoms with E-state index in [-0.39, 0.29) is 0 Å². The zero-order valence-corrected chi connectivity index (χ0v) is 18.0. The lowest BCUT2D eigenvalue weighted by atomic mass is 10.0. The topological polar surface area (TPSA) is 94.5 Å². The van der Waals surface area contributed by atoms with Crippen molar-refractivity contribution in [2.45, 2.75) is 51.5 Å². The molecule has 4 heterocycles. The van der Waals surface area contributed by atoms with Crippen LogP contribution in [-0.4, -0.2) is 37.8 Å². The van der Waals surface area contributed by atoms with Crippen molar-refractivity contribution in [1.82, 2.24) is 30.0 Å². The number of nitrogen functional groups attached to an aromatic ring is 1. The number of fused-ring (bicyclic) bond motifs is 1. The summed E-state index contributed by atoms with van der Waals surface area (Å²) in [5, 5.41) is 8.06. The van der Waals surface area contributed by atoms with Gasteiger partial charge in [0.1, 0.15) is 0 Å². The molecule has 1 fully saturated rings. The van der Waals surface area contributed by atoms with Gasteiger partial charge >= 0.3 is 0 Å². The normalized spacial score (nSPS) is 16.4. The smallest absolute Gasteiger partial charge is 0.220 e. The maximum atomic E-state index is 6.03. The number of aromatic nitrogens is 5. The minimum Gasteiger partial charge on any atom is -0.368 e. The Morgan fingerprint density at radius 1 is 1.13 bits per heavy atom. The molecule has 0 saturated carbocycles. The molecule has 0 atom stereocenters. The predicted octanol–water partition coefficient (Wildman–Crippen LogP) is 3.57. The van der Waals surface area contributed by atoms with Gasteiger partial charge in [-0.2, -0.15) is 5.10 Å². The molecule has 160 valence electrons. The van der Waals surface area contributed by atoms with Crippen LogP contribution in [0.5, 0.6) is 0 Å². The van der Waals surface area contributed by atoms with Crippen LogP contribution in [0.4, 0.5) is 5.95 Å².